The second-order valence-corrected chi connectivity index (χ2v) is 34.2. The van der Waals surface area contributed by atoms with Crippen LogP contribution in [0.1, 0.15) is 132 Å². The van der Waals surface area contributed by atoms with Crippen LogP contribution in [-0.4, -0.2) is 15.8 Å². The molecule has 0 saturated heterocycles. The molecule has 506 valence electrons. The normalized spacial score (nSPS) is 13.3. The third-order valence-corrected chi connectivity index (χ3v) is 22.3. The molecule has 0 saturated carbocycles. The van der Waals surface area contributed by atoms with E-state index in [-0.39, 0.29) is 33.8 Å². The van der Waals surface area contributed by atoms with Crippen molar-refractivity contribution in [2.24, 2.45) is 0 Å². The van der Waals surface area contributed by atoms with Crippen molar-refractivity contribution in [1.82, 2.24) is 9.13 Å². The maximum atomic E-state index is 2.71. The molecule has 0 fully saturated rings. The highest BCUT2D eigenvalue weighted by atomic mass is 15.2. The van der Waals surface area contributed by atoms with Crippen LogP contribution in [0.3, 0.4) is 0 Å². The molecule has 15 aromatic rings. The van der Waals surface area contributed by atoms with Gasteiger partial charge in [-0.25, -0.2) is 0 Å². The summed E-state index contributed by atoms with van der Waals surface area (Å²) in [5.41, 5.74) is 32.9. The Morgan fingerprint density at radius 2 is 0.505 bits per heavy atom. The number of hydrogen-bond donors (Lipinski definition) is 0. The van der Waals surface area contributed by atoms with Gasteiger partial charge in [0.25, 0.3) is 6.71 Å². The standard InChI is InChI=1S/C98H91BN4/c1-94(2,3)66-42-50-83-77(54-66)78-55-67(95(4,5)6)43-51-84(78)100(83)71-46-48-81-87(60-71)102(92-73(62-30-20-16-21-31-62)38-28-39-74(92)63-32-22-17-23-33-63)89-58-70(98(13,14)15)59-90-91(89)99(81)82-49-47-72(101-85-52-44-68(96(7,8)9)56-79(85)80-57-69(97(10,11)12)45-53-86(80)101)61-88(82)103(90)93-75(64-34-24-18-25-35-64)40-29-41-76(93)65-36-26-19-27-37-65/h16-61H,1-15H3. The van der Waals surface area contributed by atoms with Gasteiger partial charge in [-0.3, -0.25) is 0 Å². The van der Waals surface area contributed by atoms with Gasteiger partial charge in [0.1, 0.15) is 0 Å². The molecule has 2 aliphatic heterocycles. The number of benzene rings is 13. The fourth-order valence-electron chi connectivity index (χ4n) is 16.6. The Morgan fingerprint density at radius 1 is 0.233 bits per heavy atom. The van der Waals surface area contributed by atoms with Crippen LogP contribution in [-0.2, 0) is 27.1 Å². The molecular weight excluding hydrogens is 1240 g/mol. The Kier molecular flexibility index (Phi) is 15.2. The average Bonchev–Trinajstić information content (AvgIpc) is 1.07. The van der Waals surface area contributed by atoms with Gasteiger partial charge in [-0.1, -0.05) is 298 Å². The molecule has 4 heterocycles. The minimum absolute atomic E-state index is 0.0491. The van der Waals surface area contributed by atoms with Gasteiger partial charge in [0.2, 0.25) is 0 Å². The summed E-state index contributed by atoms with van der Waals surface area (Å²) < 4.78 is 5.12. The highest BCUT2D eigenvalue weighted by molar-refractivity contribution is 7.00. The lowest BCUT2D eigenvalue weighted by Gasteiger charge is -2.46. The molecule has 0 spiro atoms. The lowest BCUT2D eigenvalue weighted by atomic mass is 9.33. The van der Waals surface area contributed by atoms with Gasteiger partial charge < -0.3 is 18.9 Å². The fourth-order valence-corrected chi connectivity index (χ4v) is 16.6. The Hall–Kier alpha value is -10.9. The number of para-hydroxylation sites is 2. The van der Waals surface area contributed by atoms with E-state index in [1.54, 1.807) is 0 Å². The van der Waals surface area contributed by atoms with Crippen molar-refractivity contribution in [2.45, 2.75) is 131 Å². The second-order valence-electron chi connectivity index (χ2n) is 34.2. The van der Waals surface area contributed by atoms with Gasteiger partial charge in [0, 0.05) is 77.9 Å². The summed E-state index contributed by atoms with van der Waals surface area (Å²) >= 11 is 0. The van der Waals surface area contributed by atoms with E-state index in [4.69, 9.17) is 0 Å². The fraction of sp³-hybridized carbons (Fsp3) is 0.204. The van der Waals surface area contributed by atoms with Crippen LogP contribution in [0.15, 0.2) is 279 Å². The Balaban J connectivity index is 1.04. The molecule has 4 nitrogen and oxygen atoms in total. The molecule has 5 heteroatoms. The largest absolute Gasteiger partial charge is 0.310 e. The first-order valence-electron chi connectivity index (χ1n) is 37.0. The summed E-state index contributed by atoms with van der Waals surface area (Å²) in [6, 6.07) is 107. The van der Waals surface area contributed by atoms with E-state index in [2.05, 4.69) is 402 Å². The van der Waals surface area contributed by atoms with Gasteiger partial charge in [-0.05, 0) is 178 Å². The molecule has 0 N–H and O–H groups in total. The molecule has 0 amide bonds. The van der Waals surface area contributed by atoms with E-state index in [1.165, 1.54) is 87.8 Å². The number of hydrogen-bond acceptors (Lipinski definition) is 2. The summed E-state index contributed by atoms with van der Waals surface area (Å²) in [6.45, 7) is 35.0. The zero-order valence-electron chi connectivity index (χ0n) is 62.4. The van der Waals surface area contributed by atoms with Crippen molar-refractivity contribution in [1.29, 1.82) is 0 Å². The molecule has 0 radical (unpaired) electrons. The van der Waals surface area contributed by atoms with Gasteiger partial charge >= 0.3 is 0 Å². The van der Waals surface area contributed by atoms with Crippen molar-refractivity contribution < 1.29 is 0 Å². The molecule has 0 aliphatic carbocycles. The van der Waals surface area contributed by atoms with Crippen molar-refractivity contribution in [3.05, 3.63) is 307 Å². The summed E-state index contributed by atoms with van der Waals surface area (Å²) in [5, 5.41) is 5.07. The van der Waals surface area contributed by atoms with E-state index in [9.17, 15) is 0 Å². The Bertz CT molecular complexity index is 5270. The Labute approximate surface area is 609 Å². The van der Waals surface area contributed by atoms with Crippen LogP contribution >= 0.6 is 0 Å². The van der Waals surface area contributed by atoms with Crippen LogP contribution in [0.2, 0.25) is 0 Å². The van der Waals surface area contributed by atoms with E-state index < -0.39 is 0 Å². The number of rotatable bonds is 8. The quantitative estimate of drug-likeness (QED) is 0.141. The molecule has 0 unspecified atom stereocenters. The van der Waals surface area contributed by atoms with Crippen LogP contribution in [0, 0.1) is 0 Å². The van der Waals surface area contributed by atoms with Crippen molar-refractivity contribution in [3.8, 4) is 55.9 Å². The van der Waals surface area contributed by atoms with Gasteiger partial charge in [0.05, 0.1) is 33.4 Å². The first kappa shape index (κ1) is 65.4. The lowest BCUT2D eigenvalue weighted by Crippen LogP contribution is -2.61. The SMILES string of the molecule is CC(C)(C)c1cc2c3c(c1)N(c1c(-c4ccccc4)cccc1-c1ccccc1)c1cc(-n4c5ccc(C(C)(C)C)cc5c5cc(C(C)(C)C)ccc54)ccc1B3c1ccc(-n3c4ccc(C(C)(C)C)cc4c4cc(C(C)(C)C)ccc43)cc1N2c1c(-c2ccccc2)cccc1-c1ccccc1. The number of anilines is 6. The highest BCUT2D eigenvalue weighted by Gasteiger charge is 2.46. The smallest absolute Gasteiger partial charge is 0.252 e. The molecule has 13 aromatic carbocycles. The summed E-state index contributed by atoms with van der Waals surface area (Å²) in [7, 11) is 0. The molecule has 0 atom stereocenters. The average molecular weight is 1340 g/mol. The van der Waals surface area contributed by atoms with Gasteiger partial charge in [-0.2, -0.15) is 0 Å². The van der Waals surface area contributed by atoms with Crippen molar-refractivity contribution in [3.63, 3.8) is 0 Å². The molecule has 2 aliphatic rings. The number of nitrogens with zero attached hydrogens (tertiary/aromatic N) is 4. The molecule has 0 bridgehead atoms. The minimum Gasteiger partial charge on any atom is -0.310 e. The molecular formula is C98H91BN4. The highest BCUT2D eigenvalue weighted by Crippen LogP contribution is 2.55. The van der Waals surface area contributed by atoms with Crippen LogP contribution in [0.4, 0.5) is 34.1 Å². The second kappa shape index (κ2) is 23.9. The molecule has 17 rings (SSSR count). The first-order valence-corrected chi connectivity index (χ1v) is 37.0. The maximum absolute atomic E-state index is 2.71. The molecule has 2 aromatic heterocycles. The third-order valence-electron chi connectivity index (χ3n) is 22.3. The van der Waals surface area contributed by atoms with E-state index in [0.717, 1.165) is 90.0 Å². The van der Waals surface area contributed by atoms with E-state index in [0.29, 0.717) is 0 Å². The van der Waals surface area contributed by atoms with Crippen LogP contribution in [0.5, 0.6) is 0 Å². The minimum atomic E-state index is -0.313. The van der Waals surface area contributed by atoms with Crippen molar-refractivity contribution >= 4 is 101 Å². The topological polar surface area (TPSA) is 16.3 Å². The summed E-state index contributed by atoms with van der Waals surface area (Å²) in [5.74, 6) is 0. The van der Waals surface area contributed by atoms with Gasteiger partial charge in [-0.15, -0.1) is 0 Å². The zero-order chi connectivity index (χ0) is 71.4. The predicted molar refractivity (Wildman–Crippen MR) is 444 cm³/mol. The summed E-state index contributed by atoms with van der Waals surface area (Å²) in [6.07, 6.45) is 0. The maximum Gasteiger partial charge on any atom is 0.252 e. The van der Waals surface area contributed by atoms with E-state index >= 15 is 0 Å². The monoisotopic (exact) mass is 1330 g/mol. The van der Waals surface area contributed by atoms with E-state index in [1.807, 2.05) is 0 Å². The first-order chi connectivity index (χ1) is 49.3. The third kappa shape index (κ3) is 10.9. The predicted octanol–water partition coefficient (Wildman–Crippen LogP) is 25.1. The zero-order valence-corrected chi connectivity index (χ0v) is 62.4. The Morgan fingerprint density at radius 3 is 0.767 bits per heavy atom. The number of aromatic nitrogens is 2. The van der Waals surface area contributed by atoms with Crippen LogP contribution in [0.25, 0.3) is 99.5 Å². The van der Waals surface area contributed by atoms with Gasteiger partial charge in [0.15, 0.2) is 0 Å². The van der Waals surface area contributed by atoms with Crippen molar-refractivity contribution in [2.75, 3.05) is 9.80 Å². The molecule has 103 heavy (non-hydrogen) atoms. The van der Waals surface area contributed by atoms with Crippen LogP contribution < -0.4 is 26.2 Å². The lowest BCUT2D eigenvalue weighted by molar-refractivity contribution is 0.590. The number of fused-ring (bicyclic) bond motifs is 10. The summed E-state index contributed by atoms with van der Waals surface area (Å²) in [4.78, 5) is 5.43.